The van der Waals surface area contributed by atoms with Gasteiger partial charge in [-0.1, -0.05) is 13.8 Å². The number of carboxylic acid groups (broad SMARTS) is 1. The second-order valence-electron chi connectivity index (χ2n) is 8.06. The number of hydrogen-bond acceptors (Lipinski definition) is 4. The van der Waals surface area contributed by atoms with Crippen LogP contribution in [0.25, 0.3) is 0 Å². The molecule has 0 spiro atoms. The monoisotopic (exact) mass is 394 g/mol. The van der Waals surface area contributed by atoms with Crippen LogP contribution in [0, 0.1) is 17.3 Å². The van der Waals surface area contributed by atoms with Gasteiger partial charge in [-0.3, -0.25) is 9.59 Å². The third kappa shape index (κ3) is 4.16. The number of carbonyl (C=O) groups excluding carboxylic acids is 1. The Hall–Kier alpha value is -1.93. The molecule has 2 atom stereocenters. The summed E-state index contributed by atoms with van der Waals surface area (Å²) < 4.78 is 27.2. The van der Waals surface area contributed by atoms with E-state index < -0.39 is 27.3 Å². The Balaban J connectivity index is 1.67. The van der Waals surface area contributed by atoms with Crippen LogP contribution in [-0.4, -0.2) is 49.3 Å². The van der Waals surface area contributed by atoms with Crippen molar-refractivity contribution >= 4 is 21.9 Å². The van der Waals surface area contributed by atoms with E-state index in [0.29, 0.717) is 43.3 Å². The summed E-state index contributed by atoms with van der Waals surface area (Å²) in [5.74, 6) is -0.656. The first-order valence-electron chi connectivity index (χ1n) is 9.26. The zero-order chi connectivity index (χ0) is 19.8. The summed E-state index contributed by atoms with van der Waals surface area (Å²) in [4.78, 5) is 23.6. The predicted molar refractivity (Wildman–Crippen MR) is 99.8 cm³/mol. The fourth-order valence-corrected chi connectivity index (χ4v) is 5.38. The number of carbonyl (C=O) groups is 2. The van der Waals surface area contributed by atoms with Gasteiger partial charge in [0.05, 0.1) is 10.3 Å². The lowest BCUT2D eigenvalue weighted by Gasteiger charge is -2.34. The number of amides is 1. The quantitative estimate of drug-likeness (QED) is 0.767. The van der Waals surface area contributed by atoms with Crippen LogP contribution in [0.3, 0.4) is 0 Å². The molecule has 1 saturated heterocycles. The second kappa shape index (κ2) is 7.24. The molecule has 1 aliphatic carbocycles. The van der Waals surface area contributed by atoms with Crippen molar-refractivity contribution in [1.82, 2.24) is 9.62 Å². The van der Waals surface area contributed by atoms with Gasteiger partial charge in [-0.2, -0.15) is 4.31 Å². The topological polar surface area (TPSA) is 104 Å². The first-order chi connectivity index (χ1) is 12.6. The van der Waals surface area contributed by atoms with Crippen LogP contribution in [0.4, 0.5) is 0 Å². The third-order valence-corrected chi connectivity index (χ3v) is 7.33. The van der Waals surface area contributed by atoms with E-state index in [1.54, 1.807) is 0 Å². The Kier molecular flexibility index (Phi) is 5.31. The van der Waals surface area contributed by atoms with Gasteiger partial charge >= 0.3 is 5.97 Å². The zero-order valence-electron chi connectivity index (χ0n) is 15.6. The fourth-order valence-electron chi connectivity index (χ4n) is 3.70. The van der Waals surface area contributed by atoms with E-state index in [1.165, 1.54) is 28.6 Å². The summed E-state index contributed by atoms with van der Waals surface area (Å²) in [7, 11) is -3.58. The number of sulfonamides is 1. The molecule has 1 heterocycles. The molecule has 1 amide bonds. The lowest BCUT2D eigenvalue weighted by Crippen LogP contribution is -2.42. The van der Waals surface area contributed by atoms with E-state index in [0.717, 1.165) is 6.42 Å². The number of nitrogens with one attached hydrogen (secondary N) is 1. The van der Waals surface area contributed by atoms with Crippen LogP contribution in [0.1, 0.15) is 43.5 Å². The van der Waals surface area contributed by atoms with Crippen molar-refractivity contribution < 1.29 is 23.1 Å². The number of piperidine rings is 1. The molecular formula is C19H26N2O5S. The smallest absolute Gasteiger partial charge is 0.311 e. The van der Waals surface area contributed by atoms with Crippen molar-refractivity contribution in [3.8, 4) is 0 Å². The van der Waals surface area contributed by atoms with Gasteiger partial charge in [0, 0.05) is 25.2 Å². The van der Waals surface area contributed by atoms with Crippen LogP contribution in [0.5, 0.6) is 0 Å². The summed E-state index contributed by atoms with van der Waals surface area (Å²) in [6, 6.07) is 5.83. The number of rotatable bonds is 6. The van der Waals surface area contributed by atoms with Crippen molar-refractivity contribution in [2.24, 2.45) is 17.3 Å². The average molecular weight is 394 g/mol. The number of hydrogen-bond donors (Lipinski definition) is 2. The molecule has 3 rings (SSSR count). The van der Waals surface area contributed by atoms with Crippen LogP contribution in [0.2, 0.25) is 0 Å². The van der Waals surface area contributed by atoms with Crippen molar-refractivity contribution in [3.63, 3.8) is 0 Å². The van der Waals surface area contributed by atoms with E-state index in [-0.39, 0.29) is 11.4 Å². The first-order valence-corrected chi connectivity index (χ1v) is 10.7. The molecule has 148 valence electrons. The molecule has 0 aromatic heterocycles. The molecule has 27 heavy (non-hydrogen) atoms. The van der Waals surface area contributed by atoms with Gasteiger partial charge in [-0.25, -0.2) is 8.42 Å². The minimum Gasteiger partial charge on any atom is -0.481 e. The second-order valence-corrected chi connectivity index (χ2v) is 10.00. The molecule has 2 N–H and O–H groups in total. The van der Waals surface area contributed by atoms with E-state index >= 15 is 0 Å². The minimum atomic E-state index is -3.58. The van der Waals surface area contributed by atoms with Crippen molar-refractivity contribution in [2.75, 3.05) is 19.6 Å². The van der Waals surface area contributed by atoms with Gasteiger partial charge < -0.3 is 10.4 Å². The molecule has 1 aromatic rings. The molecule has 2 fully saturated rings. The van der Waals surface area contributed by atoms with E-state index in [4.69, 9.17) is 5.11 Å². The van der Waals surface area contributed by atoms with Crippen molar-refractivity contribution in [1.29, 1.82) is 0 Å². The van der Waals surface area contributed by atoms with Gasteiger partial charge in [0.2, 0.25) is 10.0 Å². The van der Waals surface area contributed by atoms with Crippen LogP contribution < -0.4 is 5.32 Å². The molecule has 1 aromatic carbocycles. The maximum Gasteiger partial charge on any atom is 0.311 e. The molecule has 0 bridgehead atoms. The van der Waals surface area contributed by atoms with Crippen LogP contribution >= 0.6 is 0 Å². The summed E-state index contributed by atoms with van der Waals surface area (Å²) in [5, 5.41) is 11.8. The van der Waals surface area contributed by atoms with Gasteiger partial charge in [0.15, 0.2) is 0 Å². The Morgan fingerprint density at radius 1 is 1.15 bits per heavy atom. The van der Waals surface area contributed by atoms with Crippen molar-refractivity contribution in [3.05, 3.63) is 29.8 Å². The largest absolute Gasteiger partial charge is 0.481 e. The summed E-state index contributed by atoms with van der Waals surface area (Å²) >= 11 is 0. The van der Waals surface area contributed by atoms with Crippen molar-refractivity contribution in [2.45, 2.75) is 38.0 Å². The molecular weight excluding hydrogens is 368 g/mol. The van der Waals surface area contributed by atoms with E-state index in [2.05, 4.69) is 19.2 Å². The van der Waals surface area contributed by atoms with Gasteiger partial charge in [-0.15, -0.1) is 0 Å². The lowest BCUT2D eigenvalue weighted by molar-refractivity contribution is -0.143. The molecule has 7 nitrogen and oxygen atoms in total. The maximum atomic E-state index is 12.9. The molecule has 2 unspecified atom stereocenters. The van der Waals surface area contributed by atoms with Gasteiger partial charge in [-0.05, 0) is 55.4 Å². The zero-order valence-corrected chi connectivity index (χ0v) is 16.5. The van der Waals surface area contributed by atoms with Crippen LogP contribution in [0.15, 0.2) is 29.2 Å². The highest BCUT2D eigenvalue weighted by atomic mass is 32.2. The van der Waals surface area contributed by atoms with Crippen LogP contribution in [-0.2, 0) is 14.8 Å². The standard InChI is InChI=1S/C19H26N2O5S/c1-13-9-14(2)11-21(10-13)27(25,26)16-5-3-15(4-6-16)17(22)20-12-19(7-8-19)18(23)24/h3-6,13-14H,7-12H2,1-2H3,(H,20,22)(H,23,24). The summed E-state index contributed by atoms with van der Waals surface area (Å²) in [6.07, 6.45) is 2.14. The number of nitrogens with zero attached hydrogens (tertiary/aromatic N) is 1. The number of aliphatic carboxylic acids is 1. The maximum absolute atomic E-state index is 12.9. The fraction of sp³-hybridized carbons (Fsp3) is 0.579. The third-order valence-electron chi connectivity index (χ3n) is 5.48. The summed E-state index contributed by atoms with van der Waals surface area (Å²) in [6.45, 7) is 5.20. The average Bonchev–Trinajstić information content (AvgIpc) is 3.40. The van der Waals surface area contributed by atoms with Gasteiger partial charge in [0.25, 0.3) is 5.91 Å². The molecule has 2 aliphatic rings. The predicted octanol–water partition coefficient (Wildman–Crippen LogP) is 1.95. The minimum absolute atomic E-state index is 0.0881. The lowest BCUT2D eigenvalue weighted by atomic mass is 9.94. The highest BCUT2D eigenvalue weighted by Gasteiger charge is 2.50. The molecule has 1 saturated carbocycles. The molecule has 8 heteroatoms. The SMILES string of the molecule is CC1CC(C)CN(S(=O)(=O)c2ccc(C(=O)NCC3(C(=O)O)CC3)cc2)C1. The van der Waals surface area contributed by atoms with E-state index in [1.807, 2.05) is 0 Å². The molecule has 0 radical (unpaired) electrons. The number of benzene rings is 1. The molecule has 1 aliphatic heterocycles. The van der Waals surface area contributed by atoms with Gasteiger partial charge in [0.1, 0.15) is 0 Å². The Morgan fingerprint density at radius 2 is 1.70 bits per heavy atom. The highest BCUT2D eigenvalue weighted by molar-refractivity contribution is 7.89. The van der Waals surface area contributed by atoms with E-state index in [9.17, 15) is 18.0 Å². The Labute approximate surface area is 159 Å². The normalized spacial score (nSPS) is 25.0. The first kappa shape index (κ1) is 19.8. The Bertz CT molecular complexity index is 820. The highest BCUT2D eigenvalue weighted by Crippen LogP contribution is 2.45. The Morgan fingerprint density at radius 3 is 2.19 bits per heavy atom. The summed E-state index contributed by atoms with van der Waals surface area (Å²) in [5.41, 5.74) is -0.517. The number of carboxylic acids is 1.